The zero-order valence-electron chi connectivity index (χ0n) is 25.5. The van der Waals surface area contributed by atoms with Crippen molar-refractivity contribution in [1.82, 2.24) is 4.57 Å². The first-order valence-corrected chi connectivity index (χ1v) is 16.2. The van der Waals surface area contributed by atoms with Crippen LogP contribution in [0, 0.1) is 0 Å². The maximum absolute atomic E-state index is 5.15. The molecule has 1 aliphatic heterocycles. The summed E-state index contributed by atoms with van der Waals surface area (Å²) in [5.41, 5.74) is 14.9. The van der Waals surface area contributed by atoms with Crippen molar-refractivity contribution in [3.05, 3.63) is 150 Å². The van der Waals surface area contributed by atoms with E-state index in [2.05, 4.69) is 150 Å². The lowest BCUT2D eigenvalue weighted by atomic mass is 9.71. The molecule has 3 aliphatic rings. The normalized spacial score (nSPS) is 17.9. The van der Waals surface area contributed by atoms with E-state index in [1.165, 1.54) is 71.5 Å². The molecule has 3 nitrogen and oxygen atoms in total. The van der Waals surface area contributed by atoms with Gasteiger partial charge < -0.3 is 9.88 Å². The van der Waals surface area contributed by atoms with E-state index < -0.39 is 0 Å². The van der Waals surface area contributed by atoms with Gasteiger partial charge in [-0.3, -0.25) is 4.99 Å². The highest BCUT2D eigenvalue weighted by Crippen LogP contribution is 2.52. The molecule has 10 rings (SSSR count). The Morgan fingerprint density at radius 1 is 0.674 bits per heavy atom. The molecule has 3 heteroatoms. The van der Waals surface area contributed by atoms with Crippen molar-refractivity contribution in [2.45, 2.75) is 25.3 Å². The molecular formula is C43H31N3. The molecule has 2 atom stereocenters. The van der Waals surface area contributed by atoms with Gasteiger partial charge in [0, 0.05) is 28.5 Å². The van der Waals surface area contributed by atoms with Gasteiger partial charge in [0.25, 0.3) is 0 Å². The molecule has 0 spiro atoms. The second-order valence-corrected chi connectivity index (χ2v) is 12.8. The van der Waals surface area contributed by atoms with Crippen LogP contribution in [0.4, 0.5) is 11.4 Å². The summed E-state index contributed by atoms with van der Waals surface area (Å²) in [6.07, 6.45) is 7.89. The molecule has 2 heterocycles. The third-order valence-corrected chi connectivity index (χ3v) is 10.2. The molecule has 2 unspecified atom stereocenters. The van der Waals surface area contributed by atoms with Gasteiger partial charge in [-0.2, -0.15) is 0 Å². The van der Waals surface area contributed by atoms with Gasteiger partial charge in [0.2, 0.25) is 0 Å². The molecule has 6 aromatic carbocycles. The molecule has 46 heavy (non-hydrogen) atoms. The van der Waals surface area contributed by atoms with Crippen molar-refractivity contribution in [2.75, 3.05) is 5.32 Å². The SMILES string of the molecule is CC1C=Nc2c(-n3c4ccccc4c4cc5ccccc5cc43)ccc(C3=CCC4C(=C3)c3ccccc3-c3ccccc34)c2N1. The van der Waals surface area contributed by atoms with Gasteiger partial charge in [0.05, 0.1) is 28.5 Å². The molecule has 0 radical (unpaired) electrons. The number of aliphatic imine (C=N–C) groups is 1. The lowest BCUT2D eigenvalue weighted by molar-refractivity contribution is 0.870. The van der Waals surface area contributed by atoms with Crippen molar-refractivity contribution in [3.8, 4) is 16.8 Å². The number of para-hydroxylation sites is 1. The molecule has 0 saturated carbocycles. The molecule has 2 aliphatic carbocycles. The van der Waals surface area contributed by atoms with E-state index in [1.807, 2.05) is 6.21 Å². The molecule has 0 fully saturated rings. The molecule has 7 aromatic rings. The average Bonchev–Trinajstić information content (AvgIpc) is 3.43. The van der Waals surface area contributed by atoms with Crippen LogP contribution in [-0.2, 0) is 0 Å². The first kappa shape index (κ1) is 25.6. The van der Waals surface area contributed by atoms with Crippen LogP contribution in [0.3, 0.4) is 0 Å². The second-order valence-electron chi connectivity index (χ2n) is 12.8. The highest BCUT2D eigenvalue weighted by Gasteiger charge is 2.31. The first-order valence-electron chi connectivity index (χ1n) is 16.2. The summed E-state index contributed by atoms with van der Waals surface area (Å²) in [6, 6.07) is 44.6. The fourth-order valence-corrected chi connectivity index (χ4v) is 8.11. The minimum Gasteiger partial charge on any atom is -0.375 e. The second kappa shape index (κ2) is 9.66. The number of rotatable bonds is 2. The van der Waals surface area contributed by atoms with Gasteiger partial charge in [0.15, 0.2) is 0 Å². The Bertz CT molecular complexity index is 2510. The van der Waals surface area contributed by atoms with E-state index in [4.69, 9.17) is 4.99 Å². The predicted molar refractivity (Wildman–Crippen MR) is 195 cm³/mol. The first-order chi connectivity index (χ1) is 22.7. The highest BCUT2D eigenvalue weighted by atomic mass is 15.1. The van der Waals surface area contributed by atoms with E-state index >= 15 is 0 Å². The summed E-state index contributed by atoms with van der Waals surface area (Å²) in [5, 5.41) is 8.84. The number of anilines is 1. The van der Waals surface area contributed by atoms with Crippen molar-refractivity contribution < 1.29 is 0 Å². The van der Waals surface area contributed by atoms with Crippen LogP contribution >= 0.6 is 0 Å². The third-order valence-electron chi connectivity index (χ3n) is 10.2. The molecule has 1 aromatic heterocycles. The van der Waals surface area contributed by atoms with E-state index in [-0.39, 0.29) is 6.04 Å². The largest absolute Gasteiger partial charge is 0.375 e. The molecule has 218 valence electrons. The summed E-state index contributed by atoms with van der Waals surface area (Å²) in [7, 11) is 0. The van der Waals surface area contributed by atoms with E-state index in [9.17, 15) is 0 Å². The third kappa shape index (κ3) is 3.63. The zero-order chi connectivity index (χ0) is 30.4. The average molecular weight is 590 g/mol. The summed E-state index contributed by atoms with van der Waals surface area (Å²) >= 11 is 0. The van der Waals surface area contributed by atoms with Crippen LogP contribution in [0.1, 0.15) is 36.0 Å². The molecule has 0 amide bonds. The Hall–Kier alpha value is -5.67. The standard InChI is InChI=1S/C43H31N3/c1-26-25-44-43-40(46-39-17-9-8-16-36(39)38-22-27-10-2-3-11-28(27)24-41(38)46)21-20-30(42(43)45-26)29-18-19-35-33-14-5-4-12-31(33)32-13-6-7-15-34(32)37(35)23-29/h2-18,20-26,35,45H,19H2,1H3. The van der Waals surface area contributed by atoms with Gasteiger partial charge in [-0.1, -0.05) is 109 Å². The zero-order valence-corrected chi connectivity index (χ0v) is 25.5. The summed E-state index contributed by atoms with van der Waals surface area (Å²) < 4.78 is 2.41. The number of allylic oxidation sites excluding steroid dienone is 4. The molecule has 1 N–H and O–H groups in total. The topological polar surface area (TPSA) is 29.3 Å². The Balaban J connectivity index is 1.18. The lowest BCUT2D eigenvalue weighted by Gasteiger charge is -2.33. The van der Waals surface area contributed by atoms with Crippen LogP contribution in [-0.4, -0.2) is 16.8 Å². The smallest absolute Gasteiger partial charge is 0.110 e. The van der Waals surface area contributed by atoms with Crippen molar-refractivity contribution in [2.24, 2.45) is 4.99 Å². The van der Waals surface area contributed by atoms with E-state index in [0.717, 1.165) is 23.5 Å². The van der Waals surface area contributed by atoms with E-state index in [0.29, 0.717) is 5.92 Å². The van der Waals surface area contributed by atoms with Gasteiger partial charge >= 0.3 is 0 Å². The minimum atomic E-state index is 0.135. The Kier molecular flexibility index (Phi) is 5.39. The number of hydrogen-bond donors (Lipinski definition) is 1. The quantitative estimate of drug-likeness (QED) is 0.214. The van der Waals surface area contributed by atoms with Gasteiger partial charge in [-0.05, 0) is 81.8 Å². The molecular weight excluding hydrogens is 558 g/mol. The maximum atomic E-state index is 5.15. The summed E-state index contributed by atoms with van der Waals surface area (Å²) in [6.45, 7) is 2.17. The van der Waals surface area contributed by atoms with Crippen molar-refractivity contribution in [3.63, 3.8) is 0 Å². The fraction of sp³-hybridized carbons (Fsp3) is 0.0930. The Morgan fingerprint density at radius 2 is 1.41 bits per heavy atom. The van der Waals surface area contributed by atoms with Crippen molar-refractivity contribution in [1.29, 1.82) is 0 Å². The predicted octanol–water partition coefficient (Wildman–Crippen LogP) is 11.1. The van der Waals surface area contributed by atoms with Gasteiger partial charge in [-0.25, -0.2) is 0 Å². The minimum absolute atomic E-state index is 0.135. The number of benzene rings is 6. The van der Waals surface area contributed by atoms with Crippen LogP contribution in [0.2, 0.25) is 0 Å². The van der Waals surface area contributed by atoms with Gasteiger partial charge in [0.1, 0.15) is 5.69 Å². The molecule has 0 bridgehead atoms. The van der Waals surface area contributed by atoms with E-state index in [1.54, 1.807) is 0 Å². The van der Waals surface area contributed by atoms with Crippen LogP contribution in [0.5, 0.6) is 0 Å². The fourth-order valence-electron chi connectivity index (χ4n) is 8.11. The monoisotopic (exact) mass is 589 g/mol. The Morgan fingerprint density at radius 3 is 2.30 bits per heavy atom. The Labute approximate surface area is 267 Å². The number of nitrogens with zero attached hydrogens (tertiary/aromatic N) is 2. The summed E-state index contributed by atoms with van der Waals surface area (Å²) in [4.78, 5) is 5.15. The molecule has 0 saturated heterocycles. The number of nitrogens with one attached hydrogen (secondary N) is 1. The van der Waals surface area contributed by atoms with Crippen LogP contribution in [0.15, 0.2) is 138 Å². The summed E-state index contributed by atoms with van der Waals surface area (Å²) in [5.74, 6) is 0.363. The number of fused-ring (bicyclic) bond motifs is 11. The maximum Gasteiger partial charge on any atom is 0.110 e. The number of hydrogen-bond acceptors (Lipinski definition) is 2. The van der Waals surface area contributed by atoms with Crippen molar-refractivity contribution >= 4 is 61.3 Å². The van der Waals surface area contributed by atoms with Gasteiger partial charge in [-0.15, -0.1) is 0 Å². The number of aromatic nitrogens is 1. The lowest BCUT2D eigenvalue weighted by Crippen LogP contribution is -2.21. The van der Waals surface area contributed by atoms with Crippen LogP contribution in [0.25, 0.3) is 60.5 Å². The highest BCUT2D eigenvalue weighted by molar-refractivity contribution is 6.14. The van der Waals surface area contributed by atoms with Crippen LogP contribution < -0.4 is 5.32 Å².